The van der Waals surface area contributed by atoms with Crippen LogP contribution in [-0.2, 0) is 9.53 Å². The highest BCUT2D eigenvalue weighted by Gasteiger charge is 2.17. The molecule has 1 unspecified atom stereocenters. The summed E-state index contributed by atoms with van der Waals surface area (Å²) in [7, 11) is 0. The van der Waals surface area contributed by atoms with Gasteiger partial charge in [0, 0.05) is 30.1 Å². The van der Waals surface area contributed by atoms with Crippen LogP contribution in [0.3, 0.4) is 0 Å². The molecule has 22 heavy (non-hydrogen) atoms. The fourth-order valence-corrected chi connectivity index (χ4v) is 2.33. The number of ether oxygens (including phenoxy) is 1. The average molecular weight is 320 g/mol. The molecule has 1 amide bonds. The molecule has 1 aromatic rings. The van der Waals surface area contributed by atoms with Crippen molar-refractivity contribution >= 4 is 23.2 Å². The normalized spacial score (nSPS) is 17.9. The summed E-state index contributed by atoms with van der Waals surface area (Å²) < 4.78 is 5.43. The Balaban J connectivity index is 1.96. The van der Waals surface area contributed by atoms with E-state index in [9.17, 15) is 4.79 Å². The molecule has 2 rings (SSSR count). The third-order valence-corrected chi connectivity index (χ3v) is 3.69. The first-order valence-electron chi connectivity index (χ1n) is 7.13. The summed E-state index contributed by atoms with van der Waals surface area (Å²) in [5.41, 5.74) is 1.74. The Morgan fingerprint density at radius 1 is 1.59 bits per heavy atom. The van der Waals surface area contributed by atoms with Crippen molar-refractivity contribution in [3.63, 3.8) is 0 Å². The lowest BCUT2D eigenvalue weighted by Gasteiger charge is -2.10. The maximum Gasteiger partial charge on any atom is 0.263 e. The SMILES string of the molecule is Cc1ccc(Cl)cc1N/C=C(/C#N)C(=O)NCC1CCCO1. The number of hydrogen-bond acceptors (Lipinski definition) is 4. The second-order valence-corrected chi connectivity index (χ2v) is 5.55. The molecule has 1 aromatic carbocycles. The van der Waals surface area contributed by atoms with Crippen LogP contribution in [-0.4, -0.2) is 25.2 Å². The fourth-order valence-electron chi connectivity index (χ4n) is 2.16. The van der Waals surface area contributed by atoms with E-state index < -0.39 is 5.91 Å². The number of carbonyl (C=O) groups excluding carboxylic acids is 1. The molecule has 0 spiro atoms. The summed E-state index contributed by atoms with van der Waals surface area (Å²) in [4.78, 5) is 12.0. The highest BCUT2D eigenvalue weighted by atomic mass is 35.5. The number of benzene rings is 1. The van der Waals surface area contributed by atoms with Gasteiger partial charge in [-0.2, -0.15) is 5.26 Å². The minimum atomic E-state index is -0.412. The molecule has 0 aromatic heterocycles. The molecule has 1 aliphatic heterocycles. The van der Waals surface area contributed by atoms with Gasteiger partial charge in [0.25, 0.3) is 5.91 Å². The molecule has 1 atom stereocenters. The van der Waals surface area contributed by atoms with Crippen molar-refractivity contribution in [2.24, 2.45) is 0 Å². The summed E-state index contributed by atoms with van der Waals surface area (Å²) in [5, 5.41) is 15.4. The van der Waals surface area contributed by atoms with Crippen molar-refractivity contribution in [3.8, 4) is 6.07 Å². The largest absolute Gasteiger partial charge is 0.376 e. The van der Waals surface area contributed by atoms with Crippen molar-refractivity contribution in [2.45, 2.75) is 25.9 Å². The predicted molar refractivity (Wildman–Crippen MR) is 85.5 cm³/mol. The van der Waals surface area contributed by atoms with Crippen LogP contribution in [0.2, 0.25) is 5.02 Å². The zero-order valence-corrected chi connectivity index (χ0v) is 13.1. The van der Waals surface area contributed by atoms with E-state index in [1.165, 1.54) is 6.20 Å². The summed E-state index contributed by atoms with van der Waals surface area (Å²) in [6.45, 7) is 3.07. The zero-order chi connectivity index (χ0) is 15.9. The van der Waals surface area contributed by atoms with Crippen molar-refractivity contribution in [1.29, 1.82) is 5.26 Å². The maximum atomic E-state index is 12.0. The molecule has 116 valence electrons. The van der Waals surface area contributed by atoms with Gasteiger partial charge in [0.2, 0.25) is 0 Å². The molecule has 1 fully saturated rings. The first-order valence-corrected chi connectivity index (χ1v) is 7.50. The van der Waals surface area contributed by atoms with E-state index in [0.717, 1.165) is 30.7 Å². The first kappa shape index (κ1) is 16.3. The number of carbonyl (C=O) groups is 1. The van der Waals surface area contributed by atoms with Crippen LogP contribution in [0, 0.1) is 18.3 Å². The first-order chi connectivity index (χ1) is 10.6. The molecule has 5 nitrogen and oxygen atoms in total. The zero-order valence-electron chi connectivity index (χ0n) is 12.4. The topological polar surface area (TPSA) is 74.2 Å². The Labute approximate surface area is 134 Å². The average Bonchev–Trinajstić information content (AvgIpc) is 3.02. The van der Waals surface area contributed by atoms with Gasteiger partial charge in [-0.1, -0.05) is 17.7 Å². The number of nitriles is 1. The van der Waals surface area contributed by atoms with Gasteiger partial charge in [-0.05, 0) is 37.5 Å². The third kappa shape index (κ3) is 4.48. The number of halogens is 1. The lowest BCUT2D eigenvalue weighted by Crippen LogP contribution is -2.32. The molecule has 0 radical (unpaired) electrons. The summed E-state index contributed by atoms with van der Waals surface area (Å²) in [6, 6.07) is 7.28. The molecule has 1 aliphatic rings. The van der Waals surface area contributed by atoms with Crippen LogP contribution >= 0.6 is 11.6 Å². The van der Waals surface area contributed by atoms with Crippen LogP contribution in [0.1, 0.15) is 18.4 Å². The fraction of sp³-hybridized carbons (Fsp3) is 0.375. The highest BCUT2D eigenvalue weighted by molar-refractivity contribution is 6.30. The van der Waals surface area contributed by atoms with Crippen LogP contribution in [0.15, 0.2) is 30.0 Å². The van der Waals surface area contributed by atoms with E-state index in [1.54, 1.807) is 12.1 Å². The van der Waals surface area contributed by atoms with Crippen molar-refractivity contribution in [3.05, 3.63) is 40.6 Å². The van der Waals surface area contributed by atoms with Gasteiger partial charge < -0.3 is 15.4 Å². The van der Waals surface area contributed by atoms with Gasteiger partial charge in [-0.25, -0.2) is 0 Å². The Morgan fingerprint density at radius 3 is 3.09 bits per heavy atom. The van der Waals surface area contributed by atoms with Gasteiger partial charge >= 0.3 is 0 Å². The van der Waals surface area contributed by atoms with Gasteiger partial charge in [0.15, 0.2) is 0 Å². The van der Waals surface area contributed by atoms with Crippen LogP contribution in [0.4, 0.5) is 5.69 Å². The predicted octanol–water partition coefficient (Wildman–Crippen LogP) is 2.76. The molecule has 1 saturated heterocycles. The molecular weight excluding hydrogens is 302 g/mol. The molecule has 0 aliphatic carbocycles. The lowest BCUT2D eigenvalue weighted by atomic mass is 10.2. The molecule has 0 saturated carbocycles. The van der Waals surface area contributed by atoms with E-state index in [1.807, 2.05) is 19.1 Å². The second kappa shape index (κ2) is 7.83. The minimum Gasteiger partial charge on any atom is -0.376 e. The summed E-state index contributed by atoms with van der Waals surface area (Å²) >= 11 is 5.93. The van der Waals surface area contributed by atoms with E-state index >= 15 is 0 Å². The van der Waals surface area contributed by atoms with E-state index in [0.29, 0.717) is 11.6 Å². The Kier molecular flexibility index (Phi) is 5.82. The van der Waals surface area contributed by atoms with Crippen molar-refractivity contribution < 1.29 is 9.53 Å². The van der Waals surface area contributed by atoms with Crippen LogP contribution in [0.5, 0.6) is 0 Å². The van der Waals surface area contributed by atoms with E-state index in [-0.39, 0.29) is 11.7 Å². The Hall–Kier alpha value is -2.03. The van der Waals surface area contributed by atoms with Crippen LogP contribution in [0.25, 0.3) is 0 Å². The molecule has 6 heteroatoms. The number of amides is 1. The number of anilines is 1. The quantitative estimate of drug-likeness (QED) is 0.646. The van der Waals surface area contributed by atoms with Crippen molar-refractivity contribution in [1.82, 2.24) is 5.32 Å². The van der Waals surface area contributed by atoms with Gasteiger partial charge in [-0.15, -0.1) is 0 Å². The third-order valence-electron chi connectivity index (χ3n) is 3.45. The number of rotatable bonds is 5. The molecular formula is C16H18ClN3O2. The number of hydrogen-bond donors (Lipinski definition) is 2. The van der Waals surface area contributed by atoms with Gasteiger partial charge in [0.05, 0.1) is 6.10 Å². The summed E-state index contributed by atoms with van der Waals surface area (Å²) in [6.07, 6.45) is 3.39. The monoisotopic (exact) mass is 319 g/mol. The Bertz CT molecular complexity index is 616. The second-order valence-electron chi connectivity index (χ2n) is 5.12. The smallest absolute Gasteiger partial charge is 0.263 e. The standard InChI is InChI=1S/C16H18ClN3O2/c1-11-4-5-13(17)7-15(11)19-9-12(8-18)16(21)20-10-14-3-2-6-22-14/h4-5,7,9,14,19H,2-3,6,10H2,1H3,(H,20,21)/b12-9-. The van der Waals surface area contributed by atoms with Crippen molar-refractivity contribution in [2.75, 3.05) is 18.5 Å². The number of nitrogens with one attached hydrogen (secondary N) is 2. The van der Waals surface area contributed by atoms with Gasteiger partial charge in [0.1, 0.15) is 11.6 Å². The maximum absolute atomic E-state index is 12.0. The Morgan fingerprint density at radius 2 is 2.41 bits per heavy atom. The molecule has 1 heterocycles. The molecule has 0 bridgehead atoms. The summed E-state index contributed by atoms with van der Waals surface area (Å²) in [5.74, 6) is -0.412. The number of aryl methyl sites for hydroxylation is 1. The minimum absolute atomic E-state index is 0.0115. The number of nitrogens with zero attached hydrogens (tertiary/aromatic N) is 1. The van der Waals surface area contributed by atoms with E-state index in [4.69, 9.17) is 21.6 Å². The van der Waals surface area contributed by atoms with E-state index in [2.05, 4.69) is 10.6 Å². The van der Waals surface area contributed by atoms with Gasteiger partial charge in [-0.3, -0.25) is 4.79 Å². The lowest BCUT2D eigenvalue weighted by molar-refractivity contribution is -0.117. The highest BCUT2D eigenvalue weighted by Crippen LogP contribution is 2.20. The molecule has 2 N–H and O–H groups in total. The van der Waals surface area contributed by atoms with Crippen LogP contribution < -0.4 is 10.6 Å².